The van der Waals surface area contributed by atoms with Crippen LogP contribution in [-0.4, -0.2) is 24.5 Å². The van der Waals surface area contributed by atoms with Gasteiger partial charge in [0.05, 0.1) is 0 Å². The molecule has 11 heavy (non-hydrogen) atoms. The van der Waals surface area contributed by atoms with Gasteiger partial charge >= 0.3 is 0 Å². The number of nitrogens with zero attached hydrogens (tertiary/aromatic N) is 1. The molecule has 0 radical (unpaired) electrons. The van der Waals surface area contributed by atoms with Crippen LogP contribution in [0.25, 0.3) is 0 Å². The molecule has 0 amide bonds. The predicted molar refractivity (Wildman–Crippen MR) is 49.7 cm³/mol. The molecule has 0 spiro atoms. The lowest BCUT2D eigenvalue weighted by Gasteiger charge is -2.35. The van der Waals surface area contributed by atoms with Crippen molar-refractivity contribution >= 4 is 0 Å². The van der Waals surface area contributed by atoms with Crippen molar-refractivity contribution in [3.05, 3.63) is 0 Å². The maximum absolute atomic E-state index is 2.50. The van der Waals surface area contributed by atoms with Crippen molar-refractivity contribution in [2.75, 3.05) is 13.6 Å². The highest BCUT2D eigenvalue weighted by Crippen LogP contribution is 2.26. The van der Waals surface area contributed by atoms with Gasteiger partial charge in [-0.25, -0.2) is 0 Å². The largest absolute Gasteiger partial charge is 0.303 e. The molecule has 2 unspecified atom stereocenters. The molecule has 1 rings (SSSR count). The minimum absolute atomic E-state index is 0.869. The van der Waals surface area contributed by atoms with Gasteiger partial charge in [0.15, 0.2) is 0 Å². The molecule has 2 atom stereocenters. The Balaban J connectivity index is 2.40. The lowest BCUT2D eigenvalue weighted by atomic mass is 9.85. The zero-order valence-corrected chi connectivity index (χ0v) is 8.14. The molecule has 0 aromatic carbocycles. The van der Waals surface area contributed by atoms with Crippen LogP contribution in [0.1, 0.15) is 39.5 Å². The summed E-state index contributed by atoms with van der Waals surface area (Å²) in [4.78, 5) is 2.50. The fourth-order valence-corrected chi connectivity index (χ4v) is 2.19. The van der Waals surface area contributed by atoms with Gasteiger partial charge in [0.25, 0.3) is 0 Å². The van der Waals surface area contributed by atoms with Gasteiger partial charge in [0.1, 0.15) is 0 Å². The molecule has 0 aromatic rings. The van der Waals surface area contributed by atoms with Crippen LogP contribution >= 0.6 is 0 Å². The van der Waals surface area contributed by atoms with Crippen molar-refractivity contribution in [1.82, 2.24) is 4.90 Å². The van der Waals surface area contributed by atoms with E-state index in [0.29, 0.717) is 0 Å². The molecule has 0 saturated heterocycles. The standard InChI is InChI=1S/C10H21N/c1-4-11(3)10-8-6-5-7-9(10)2/h9-10H,4-8H2,1-3H3. The quantitative estimate of drug-likeness (QED) is 0.592. The maximum atomic E-state index is 2.50. The van der Waals surface area contributed by atoms with Crippen molar-refractivity contribution in [3.8, 4) is 0 Å². The van der Waals surface area contributed by atoms with Crippen LogP contribution in [0.3, 0.4) is 0 Å². The highest BCUT2D eigenvalue weighted by molar-refractivity contribution is 4.78. The van der Waals surface area contributed by atoms with E-state index in [1.165, 1.54) is 32.2 Å². The Morgan fingerprint density at radius 3 is 2.45 bits per heavy atom. The Morgan fingerprint density at radius 1 is 1.27 bits per heavy atom. The molecule has 1 saturated carbocycles. The van der Waals surface area contributed by atoms with Crippen LogP contribution in [0.2, 0.25) is 0 Å². The van der Waals surface area contributed by atoms with Crippen molar-refractivity contribution in [2.24, 2.45) is 5.92 Å². The molecule has 1 nitrogen and oxygen atoms in total. The molecular weight excluding hydrogens is 134 g/mol. The summed E-state index contributed by atoms with van der Waals surface area (Å²) in [7, 11) is 2.26. The third-order valence-corrected chi connectivity index (χ3v) is 3.13. The summed E-state index contributed by atoms with van der Waals surface area (Å²) in [5.74, 6) is 0.925. The smallest absolute Gasteiger partial charge is 0.0118 e. The first-order chi connectivity index (χ1) is 5.25. The lowest BCUT2D eigenvalue weighted by molar-refractivity contribution is 0.146. The molecule has 0 aromatic heterocycles. The Hall–Kier alpha value is -0.0400. The molecular formula is C10H21N. The van der Waals surface area contributed by atoms with E-state index in [0.717, 1.165) is 12.0 Å². The van der Waals surface area contributed by atoms with Gasteiger partial charge in [-0.1, -0.05) is 26.7 Å². The van der Waals surface area contributed by atoms with E-state index in [1.54, 1.807) is 0 Å². The number of hydrogen-bond acceptors (Lipinski definition) is 1. The van der Waals surface area contributed by atoms with E-state index in [-0.39, 0.29) is 0 Å². The van der Waals surface area contributed by atoms with Crippen LogP contribution in [0.4, 0.5) is 0 Å². The van der Waals surface area contributed by atoms with E-state index >= 15 is 0 Å². The molecule has 1 heteroatoms. The van der Waals surface area contributed by atoms with Gasteiger partial charge in [-0.05, 0) is 32.4 Å². The number of rotatable bonds is 2. The summed E-state index contributed by atoms with van der Waals surface area (Å²) in [6, 6.07) is 0.869. The van der Waals surface area contributed by atoms with Crippen LogP contribution in [-0.2, 0) is 0 Å². The second-order valence-electron chi connectivity index (χ2n) is 3.90. The van der Waals surface area contributed by atoms with Gasteiger partial charge in [-0.3, -0.25) is 0 Å². The second-order valence-corrected chi connectivity index (χ2v) is 3.90. The maximum Gasteiger partial charge on any atom is 0.0118 e. The van der Waals surface area contributed by atoms with Crippen molar-refractivity contribution in [1.29, 1.82) is 0 Å². The van der Waals surface area contributed by atoms with E-state index in [4.69, 9.17) is 0 Å². The van der Waals surface area contributed by atoms with Gasteiger partial charge in [0.2, 0.25) is 0 Å². The lowest BCUT2D eigenvalue weighted by Crippen LogP contribution is -2.38. The van der Waals surface area contributed by atoms with E-state index in [9.17, 15) is 0 Å². The summed E-state index contributed by atoms with van der Waals surface area (Å²) in [6.45, 7) is 5.85. The van der Waals surface area contributed by atoms with Crippen LogP contribution in [0.15, 0.2) is 0 Å². The highest BCUT2D eigenvalue weighted by atomic mass is 15.1. The fraction of sp³-hybridized carbons (Fsp3) is 1.00. The first-order valence-corrected chi connectivity index (χ1v) is 4.96. The SMILES string of the molecule is CCN(C)C1CCCCC1C. The topological polar surface area (TPSA) is 3.24 Å². The van der Waals surface area contributed by atoms with E-state index in [2.05, 4.69) is 25.8 Å². The van der Waals surface area contributed by atoms with Crippen LogP contribution in [0.5, 0.6) is 0 Å². The zero-order chi connectivity index (χ0) is 8.27. The normalized spacial score (nSPS) is 32.7. The van der Waals surface area contributed by atoms with E-state index in [1.807, 2.05) is 0 Å². The predicted octanol–water partition coefficient (Wildman–Crippen LogP) is 2.52. The molecule has 1 aliphatic rings. The summed E-state index contributed by atoms with van der Waals surface area (Å²) in [5, 5.41) is 0. The fourth-order valence-electron chi connectivity index (χ4n) is 2.19. The van der Waals surface area contributed by atoms with Crippen molar-refractivity contribution in [2.45, 2.75) is 45.6 Å². The Labute approximate surface area is 70.8 Å². The first-order valence-electron chi connectivity index (χ1n) is 4.96. The molecule has 0 aliphatic heterocycles. The second kappa shape index (κ2) is 4.10. The summed E-state index contributed by atoms with van der Waals surface area (Å²) in [6.07, 6.45) is 5.76. The van der Waals surface area contributed by atoms with E-state index < -0.39 is 0 Å². The van der Waals surface area contributed by atoms with Gasteiger partial charge in [-0.2, -0.15) is 0 Å². The number of hydrogen-bond donors (Lipinski definition) is 0. The summed E-state index contributed by atoms with van der Waals surface area (Å²) in [5.41, 5.74) is 0. The molecule has 0 heterocycles. The average Bonchev–Trinajstić information content (AvgIpc) is 2.04. The summed E-state index contributed by atoms with van der Waals surface area (Å²) < 4.78 is 0. The summed E-state index contributed by atoms with van der Waals surface area (Å²) >= 11 is 0. The third-order valence-electron chi connectivity index (χ3n) is 3.13. The molecule has 66 valence electrons. The average molecular weight is 155 g/mol. The van der Waals surface area contributed by atoms with Crippen LogP contribution < -0.4 is 0 Å². The molecule has 0 N–H and O–H groups in total. The first kappa shape index (κ1) is 9.05. The minimum atomic E-state index is 0.869. The van der Waals surface area contributed by atoms with Crippen LogP contribution in [0, 0.1) is 5.92 Å². The van der Waals surface area contributed by atoms with Gasteiger partial charge < -0.3 is 4.90 Å². The van der Waals surface area contributed by atoms with Crippen molar-refractivity contribution in [3.63, 3.8) is 0 Å². The molecule has 1 aliphatic carbocycles. The molecule has 1 fully saturated rings. The zero-order valence-electron chi connectivity index (χ0n) is 8.14. The Bertz CT molecular complexity index is 107. The minimum Gasteiger partial charge on any atom is -0.303 e. The monoisotopic (exact) mass is 155 g/mol. The Morgan fingerprint density at radius 2 is 1.91 bits per heavy atom. The molecule has 0 bridgehead atoms. The Kier molecular flexibility index (Phi) is 3.38. The van der Waals surface area contributed by atoms with Gasteiger partial charge in [-0.15, -0.1) is 0 Å². The van der Waals surface area contributed by atoms with Crippen molar-refractivity contribution < 1.29 is 0 Å². The van der Waals surface area contributed by atoms with Gasteiger partial charge in [0, 0.05) is 6.04 Å². The third kappa shape index (κ3) is 2.19. The highest BCUT2D eigenvalue weighted by Gasteiger charge is 2.23.